The Morgan fingerprint density at radius 3 is 2.48 bits per heavy atom. The number of ether oxygens (including phenoxy) is 2. The molecule has 1 saturated heterocycles. The third-order valence-corrected chi connectivity index (χ3v) is 4.37. The third-order valence-electron chi connectivity index (χ3n) is 4.37. The summed E-state index contributed by atoms with van der Waals surface area (Å²) >= 11 is 0. The van der Waals surface area contributed by atoms with Gasteiger partial charge in [-0.05, 0) is 26.4 Å². The van der Waals surface area contributed by atoms with Gasteiger partial charge >= 0.3 is 6.18 Å². The molecule has 0 aromatic heterocycles. The zero-order valence-corrected chi connectivity index (χ0v) is 12.7. The van der Waals surface area contributed by atoms with E-state index in [9.17, 15) is 13.2 Å². The molecule has 1 heterocycles. The lowest BCUT2D eigenvalue weighted by atomic mass is 9.84. The highest BCUT2D eigenvalue weighted by atomic mass is 19.4. The van der Waals surface area contributed by atoms with Crippen molar-refractivity contribution in [1.29, 1.82) is 0 Å². The van der Waals surface area contributed by atoms with Crippen molar-refractivity contribution >= 4 is 0 Å². The fourth-order valence-corrected chi connectivity index (χ4v) is 3.49. The molecule has 0 aromatic carbocycles. The molecule has 0 aromatic rings. The molecule has 124 valence electrons. The van der Waals surface area contributed by atoms with Crippen molar-refractivity contribution in [2.75, 3.05) is 33.4 Å². The maximum Gasteiger partial charge on any atom is 0.401 e. The van der Waals surface area contributed by atoms with Gasteiger partial charge in [-0.1, -0.05) is 6.92 Å². The SMILES string of the molecule is CCCN(CC(F)(F)F)C1CC2(CCC1NC)OCCO2. The summed E-state index contributed by atoms with van der Waals surface area (Å²) in [5.41, 5.74) is 0. The number of alkyl halides is 3. The fraction of sp³-hybridized carbons (Fsp3) is 1.00. The normalized spacial score (nSPS) is 29.4. The third kappa shape index (κ3) is 4.31. The number of nitrogens with zero attached hydrogens (tertiary/aromatic N) is 1. The Balaban J connectivity index is 2.12. The molecule has 2 rings (SSSR count). The summed E-state index contributed by atoms with van der Waals surface area (Å²) in [6.45, 7) is 2.52. The van der Waals surface area contributed by atoms with Crippen LogP contribution in [0.15, 0.2) is 0 Å². The standard InChI is InChI=1S/C14H25F3N2O2/c1-3-6-19(10-14(15,16)17)12-9-13(20-7-8-21-13)5-4-11(12)18-2/h11-12,18H,3-10H2,1-2H3. The number of hydrogen-bond donors (Lipinski definition) is 1. The summed E-state index contributed by atoms with van der Waals surface area (Å²) < 4.78 is 50.0. The number of halogens is 3. The van der Waals surface area contributed by atoms with Gasteiger partial charge in [-0.25, -0.2) is 0 Å². The van der Waals surface area contributed by atoms with Crippen molar-refractivity contribution in [3.05, 3.63) is 0 Å². The minimum Gasteiger partial charge on any atom is -0.347 e. The molecule has 1 aliphatic carbocycles. The Morgan fingerprint density at radius 2 is 1.95 bits per heavy atom. The second-order valence-electron chi connectivity index (χ2n) is 5.90. The molecule has 2 unspecified atom stereocenters. The quantitative estimate of drug-likeness (QED) is 0.843. The Morgan fingerprint density at radius 1 is 1.29 bits per heavy atom. The number of hydrogen-bond acceptors (Lipinski definition) is 4. The molecule has 2 aliphatic rings. The van der Waals surface area contributed by atoms with Crippen molar-refractivity contribution in [2.24, 2.45) is 0 Å². The van der Waals surface area contributed by atoms with Gasteiger partial charge < -0.3 is 14.8 Å². The van der Waals surface area contributed by atoms with Crippen LogP contribution >= 0.6 is 0 Å². The molecule has 1 aliphatic heterocycles. The van der Waals surface area contributed by atoms with Crippen LogP contribution in [0.5, 0.6) is 0 Å². The molecule has 0 radical (unpaired) electrons. The molecule has 21 heavy (non-hydrogen) atoms. The topological polar surface area (TPSA) is 33.7 Å². The zero-order chi connectivity index (χ0) is 15.5. The van der Waals surface area contributed by atoms with Gasteiger partial charge in [0.05, 0.1) is 19.8 Å². The molecule has 2 fully saturated rings. The minimum absolute atomic E-state index is 0.0392. The van der Waals surface area contributed by atoms with Crippen molar-refractivity contribution in [3.63, 3.8) is 0 Å². The Labute approximate surface area is 124 Å². The van der Waals surface area contributed by atoms with Crippen molar-refractivity contribution < 1.29 is 22.6 Å². The van der Waals surface area contributed by atoms with Crippen LogP contribution in [0.25, 0.3) is 0 Å². The van der Waals surface area contributed by atoms with Crippen molar-refractivity contribution in [3.8, 4) is 0 Å². The molecule has 0 amide bonds. The zero-order valence-electron chi connectivity index (χ0n) is 12.7. The van der Waals surface area contributed by atoms with E-state index in [1.54, 1.807) is 0 Å². The van der Waals surface area contributed by atoms with E-state index in [1.807, 2.05) is 14.0 Å². The predicted molar refractivity (Wildman–Crippen MR) is 73.0 cm³/mol. The first-order valence-corrected chi connectivity index (χ1v) is 7.65. The first kappa shape index (κ1) is 17.0. The Bertz CT molecular complexity index is 333. The molecule has 0 bridgehead atoms. The lowest BCUT2D eigenvalue weighted by Crippen LogP contribution is -2.58. The van der Waals surface area contributed by atoms with Gasteiger partial charge in [0.2, 0.25) is 0 Å². The van der Waals surface area contributed by atoms with Crippen LogP contribution in [0, 0.1) is 0 Å². The monoisotopic (exact) mass is 310 g/mol. The molecular weight excluding hydrogens is 285 g/mol. The molecular formula is C14H25F3N2O2. The second kappa shape index (κ2) is 6.81. The average molecular weight is 310 g/mol. The van der Waals surface area contributed by atoms with Crippen molar-refractivity contribution in [1.82, 2.24) is 10.2 Å². The van der Waals surface area contributed by atoms with Gasteiger partial charge in [0.25, 0.3) is 0 Å². The number of rotatable bonds is 5. The van der Waals surface area contributed by atoms with Crippen molar-refractivity contribution in [2.45, 2.75) is 56.7 Å². The highest BCUT2D eigenvalue weighted by Crippen LogP contribution is 2.38. The van der Waals surface area contributed by atoms with Gasteiger partial charge in [0.1, 0.15) is 0 Å². The smallest absolute Gasteiger partial charge is 0.347 e. The summed E-state index contributed by atoms with van der Waals surface area (Å²) in [6.07, 6.45) is -1.50. The first-order valence-electron chi connectivity index (χ1n) is 7.65. The fourth-order valence-electron chi connectivity index (χ4n) is 3.49. The molecule has 1 N–H and O–H groups in total. The summed E-state index contributed by atoms with van der Waals surface area (Å²) in [5, 5.41) is 3.16. The van der Waals surface area contributed by atoms with E-state index in [4.69, 9.17) is 9.47 Å². The maximum absolute atomic E-state index is 12.9. The van der Waals surface area contributed by atoms with Crippen LogP contribution in [-0.2, 0) is 9.47 Å². The Hall–Kier alpha value is -0.370. The Kier molecular flexibility index (Phi) is 5.51. The maximum atomic E-state index is 12.9. The molecule has 7 heteroatoms. The molecule has 1 spiro atoms. The van der Waals surface area contributed by atoms with E-state index in [0.29, 0.717) is 32.6 Å². The van der Waals surface area contributed by atoms with E-state index in [1.165, 1.54) is 4.90 Å². The lowest BCUT2D eigenvalue weighted by Gasteiger charge is -2.46. The highest BCUT2D eigenvalue weighted by Gasteiger charge is 2.47. The highest BCUT2D eigenvalue weighted by molar-refractivity contribution is 4.96. The summed E-state index contributed by atoms with van der Waals surface area (Å²) in [5.74, 6) is -0.671. The largest absolute Gasteiger partial charge is 0.401 e. The van der Waals surface area contributed by atoms with Crippen LogP contribution in [0.2, 0.25) is 0 Å². The van der Waals surface area contributed by atoms with Crippen LogP contribution in [-0.4, -0.2) is 62.3 Å². The van der Waals surface area contributed by atoms with Crippen LogP contribution < -0.4 is 5.32 Å². The molecule has 1 saturated carbocycles. The summed E-state index contributed by atoms with van der Waals surface area (Å²) in [4.78, 5) is 1.53. The van der Waals surface area contributed by atoms with E-state index in [0.717, 1.165) is 12.8 Å². The summed E-state index contributed by atoms with van der Waals surface area (Å²) in [7, 11) is 1.81. The van der Waals surface area contributed by atoms with E-state index in [-0.39, 0.29) is 12.1 Å². The van der Waals surface area contributed by atoms with Gasteiger partial charge in [-0.2, -0.15) is 13.2 Å². The average Bonchev–Trinajstić information content (AvgIpc) is 2.85. The number of likely N-dealkylation sites (N-methyl/N-ethyl adjacent to an activating group) is 1. The predicted octanol–water partition coefficient (Wildman–Crippen LogP) is 2.14. The van der Waals surface area contributed by atoms with Gasteiger partial charge in [-0.3, -0.25) is 4.90 Å². The summed E-state index contributed by atoms with van der Waals surface area (Å²) in [6, 6.07) is -0.180. The van der Waals surface area contributed by atoms with Gasteiger partial charge in [0.15, 0.2) is 5.79 Å². The van der Waals surface area contributed by atoms with Crippen LogP contribution in [0.3, 0.4) is 0 Å². The van der Waals surface area contributed by atoms with Crippen LogP contribution in [0.4, 0.5) is 13.2 Å². The van der Waals surface area contributed by atoms with E-state index < -0.39 is 18.5 Å². The first-order chi connectivity index (χ1) is 9.89. The van der Waals surface area contributed by atoms with E-state index >= 15 is 0 Å². The number of nitrogens with one attached hydrogen (secondary N) is 1. The minimum atomic E-state index is -4.19. The molecule has 2 atom stereocenters. The molecule has 4 nitrogen and oxygen atoms in total. The van der Waals surface area contributed by atoms with Crippen LogP contribution in [0.1, 0.15) is 32.6 Å². The van der Waals surface area contributed by atoms with E-state index in [2.05, 4.69) is 5.32 Å². The van der Waals surface area contributed by atoms with Gasteiger partial charge in [-0.15, -0.1) is 0 Å². The second-order valence-corrected chi connectivity index (χ2v) is 5.90. The lowest BCUT2D eigenvalue weighted by molar-refractivity contribution is -0.204. The van der Waals surface area contributed by atoms with Gasteiger partial charge in [0, 0.05) is 24.9 Å².